The van der Waals surface area contributed by atoms with Crippen LogP contribution in [0.1, 0.15) is 17.0 Å². The number of anilines is 2. The molecule has 1 N–H and O–H groups in total. The van der Waals surface area contributed by atoms with E-state index in [4.69, 9.17) is 14.2 Å². The van der Waals surface area contributed by atoms with Crippen LogP contribution in [0.15, 0.2) is 73.5 Å². The number of amides is 1. The molecule has 2 aliphatic rings. The van der Waals surface area contributed by atoms with Gasteiger partial charge in [0.25, 0.3) is 0 Å². The second-order valence-corrected chi connectivity index (χ2v) is 12.0. The fourth-order valence-electron chi connectivity index (χ4n) is 6.37. The number of hydrogen-bond acceptors (Lipinski definition) is 9. The smallest absolute Gasteiger partial charge is 0.246 e. The van der Waals surface area contributed by atoms with Crippen molar-refractivity contribution in [2.24, 2.45) is 7.05 Å². The third kappa shape index (κ3) is 5.82. The number of ether oxygens (including phenoxy) is 3. The number of carbonyl (C=O) groups is 1. The Bertz CT molecular complexity index is 1900. The minimum atomic E-state index is 0.0258. The molecule has 0 saturated carbocycles. The first-order chi connectivity index (χ1) is 22.4. The van der Waals surface area contributed by atoms with E-state index in [0.717, 1.165) is 58.0 Å². The van der Waals surface area contributed by atoms with Gasteiger partial charge in [-0.2, -0.15) is 5.10 Å². The van der Waals surface area contributed by atoms with Gasteiger partial charge in [0.2, 0.25) is 5.91 Å². The number of nitrogens with one attached hydrogen (secondary N) is 1. The number of carbonyl (C=O) groups excluding carboxylic acids is 1. The monoisotopic (exact) mass is 622 g/mol. The molecule has 46 heavy (non-hydrogen) atoms. The predicted octanol–water partition coefficient (Wildman–Crippen LogP) is 4.29. The number of rotatable bonds is 10. The molecule has 2 saturated heterocycles. The van der Waals surface area contributed by atoms with E-state index < -0.39 is 0 Å². The van der Waals surface area contributed by atoms with Gasteiger partial charge < -0.3 is 29.0 Å². The van der Waals surface area contributed by atoms with Crippen LogP contribution in [0.25, 0.3) is 16.6 Å². The second kappa shape index (κ2) is 12.5. The quantitative estimate of drug-likeness (QED) is 0.228. The Morgan fingerprint density at radius 2 is 1.83 bits per heavy atom. The Balaban J connectivity index is 0.990. The highest BCUT2D eigenvalue weighted by Crippen LogP contribution is 2.35. The van der Waals surface area contributed by atoms with E-state index in [1.54, 1.807) is 33.0 Å². The molecule has 0 spiro atoms. The maximum atomic E-state index is 12.9. The van der Waals surface area contributed by atoms with Gasteiger partial charge in [0.05, 0.1) is 29.6 Å². The van der Waals surface area contributed by atoms with Crippen molar-refractivity contribution in [1.29, 1.82) is 0 Å². The summed E-state index contributed by atoms with van der Waals surface area (Å²) in [7, 11) is 5.39. The number of imidazole rings is 1. The summed E-state index contributed by atoms with van der Waals surface area (Å²) in [5.74, 6) is 2.44. The number of methoxy groups -OCH3 is 2. The SMILES string of the molecule is CO[C@H]1CN(C/C=C/C(=O)N2CC(c3ccn4ncnc(Nc5ccc(Oc6ccc7c(c6)ncn7C)c(C)c5)c34)C2)C[C@H]1OC. The standard InChI is InChI=1S/C34H38N8O4/c1-22-14-24(7-10-29(22)46-25-8-9-28-27(15-25)36-21-39(28)2)38-34-33-26(11-13-42(33)37-20-35-34)23-16-41(17-23)32(43)6-5-12-40-18-30(44-3)31(19-40)45-4/h5-11,13-15,20-21,23,30-31H,12,16-19H2,1-4H3,(H,35,37,38)/b6-5+/t30-,31+. The molecule has 2 atom stereocenters. The number of fused-ring (bicyclic) bond motifs is 2. The Kier molecular flexibility index (Phi) is 8.16. The molecule has 1 amide bonds. The zero-order valence-corrected chi connectivity index (χ0v) is 26.5. The summed E-state index contributed by atoms with van der Waals surface area (Å²) < 4.78 is 21.0. The van der Waals surface area contributed by atoms with Crippen molar-refractivity contribution < 1.29 is 19.0 Å². The van der Waals surface area contributed by atoms with Crippen LogP contribution >= 0.6 is 0 Å². The molecule has 3 aromatic heterocycles. The molecule has 2 aliphatic heterocycles. The third-order valence-corrected chi connectivity index (χ3v) is 9.00. The summed E-state index contributed by atoms with van der Waals surface area (Å²) >= 11 is 0. The van der Waals surface area contributed by atoms with Gasteiger partial charge in [-0.3, -0.25) is 9.69 Å². The number of benzene rings is 2. The van der Waals surface area contributed by atoms with Gasteiger partial charge in [-0.25, -0.2) is 14.5 Å². The van der Waals surface area contributed by atoms with Crippen molar-refractivity contribution in [2.75, 3.05) is 52.3 Å². The van der Waals surface area contributed by atoms with Gasteiger partial charge in [-0.15, -0.1) is 0 Å². The average molecular weight is 623 g/mol. The first-order valence-electron chi connectivity index (χ1n) is 15.4. The Hall–Kier alpha value is -4.78. The largest absolute Gasteiger partial charge is 0.457 e. The van der Waals surface area contributed by atoms with E-state index in [9.17, 15) is 4.79 Å². The van der Waals surface area contributed by atoms with E-state index in [1.165, 1.54) is 0 Å². The number of aryl methyl sites for hydroxylation is 2. The van der Waals surface area contributed by atoms with Crippen molar-refractivity contribution >= 4 is 34.0 Å². The van der Waals surface area contributed by atoms with Crippen LogP contribution in [0.4, 0.5) is 11.5 Å². The third-order valence-electron chi connectivity index (χ3n) is 9.00. The van der Waals surface area contributed by atoms with Crippen molar-refractivity contribution in [2.45, 2.75) is 25.0 Å². The molecule has 12 heteroatoms. The highest BCUT2D eigenvalue weighted by atomic mass is 16.5. The zero-order chi connectivity index (χ0) is 31.8. The summed E-state index contributed by atoms with van der Waals surface area (Å²) in [6.07, 6.45) is 9.01. The molecule has 2 aromatic carbocycles. The Labute approximate surface area is 267 Å². The van der Waals surface area contributed by atoms with Gasteiger partial charge in [0.1, 0.15) is 23.3 Å². The van der Waals surface area contributed by atoms with E-state index in [0.29, 0.717) is 25.5 Å². The number of nitrogens with zero attached hydrogens (tertiary/aromatic N) is 7. The molecule has 5 heterocycles. The Morgan fingerprint density at radius 3 is 2.59 bits per heavy atom. The molecule has 0 aliphatic carbocycles. The van der Waals surface area contributed by atoms with Crippen LogP contribution in [0.5, 0.6) is 11.5 Å². The van der Waals surface area contributed by atoms with E-state index in [2.05, 4.69) is 31.3 Å². The minimum absolute atomic E-state index is 0.0258. The summed E-state index contributed by atoms with van der Waals surface area (Å²) in [6, 6.07) is 14.0. The lowest BCUT2D eigenvalue weighted by atomic mass is 9.92. The second-order valence-electron chi connectivity index (χ2n) is 12.0. The van der Waals surface area contributed by atoms with Crippen LogP contribution in [0.2, 0.25) is 0 Å². The summed E-state index contributed by atoms with van der Waals surface area (Å²) in [5, 5.41) is 7.91. The highest BCUT2D eigenvalue weighted by molar-refractivity contribution is 5.89. The molecule has 12 nitrogen and oxygen atoms in total. The lowest BCUT2D eigenvalue weighted by Crippen LogP contribution is -2.47. The van der Waals surface area contributed by atoms with Crippen molar-refractivity contribution in [1.82, 2.24) is 33.9 Å². The first-order valence-corrected chi connectivity index (χ1v) is 15.4. The maximum Gasteiger partial charge on any atom is 0.246 e. The van der Waals surface area contributed by atoms with Gasteiger partial charge >= 0.3 is 0 Å². The van der Waals surface area contributed by atoms with Gasteiger partial charge in [0.15, 0.2) is 5.82 Å². The maximum absolute atomic E-state index is 12.9. The van der Waals surface area contributed by atoms with Gasteiger partial charge in [-0.1, -0.05) is 6.08 Å². The van der Waals surface area contributed by atoms with Crippen LogP contribution in [0.3, 0.4) is 0 Å². The van der Waals surface area contributed by atoms with Crippen molar-refractivity contribution in [3.8, 4) is 11.5 Å². The van der Waals surface area contributed by atoms with Crippen molar-refractivity contribution in [3.05, 3.63) is 84.6 Å². The van der Waals surface area contributed by atoms with E-state index in [1.807, 2.05) is 76.6 Å². The van der Waals surface area contributed by atoms with Crippen LogP contribution < -0.4 is 10.1 Å². The van der Waals surface area contributed by atoms with Crippen LogP contribution in [-0.2, 0) is 21.3 Å². The average Bonchev–Trinajstić information content (AvgIpc) is 3.75. The van der Waals surface area contributed by atoms with Crippen molar-refractivity contribution in [3.63, 3.8) is 0 Å². The molecule has 0 radical (unpaired) electrons. The highest BCUT2D eigenvalue weighted by Gasteiger charge is 2.34. The molecular weight excluding hydrogens is 584 g/mol. The topological polar surface area (TPSA) is 111 Å². The molecule has 0 bridgehead atoms. The molecular formula is C34H38N8O4. The van der Waals surface area contributed by atoms with Crippen LogP contribution in [0, 0.1) is 6.92 Å². The fraction of sp³-hybridized carbons (Fsp3) is 0.353. The first kappa shape index (κ1) is 29.9. The normalized spacial score (nSPS) is 19.0. The molecule has 5 aromatic rings. The molecule has 2 fully saturated rings. The molecule has 7 rings (SSSR count). The summed E-state index contributed by atoms with van der Waals surface area (Å²) in [6.45, 7) is 5.58. The predicted molar refractivity (Wildman–Crippen MR) is 175 cm³/mol. The van der Waals surface area contributed by atoms with E-state index in [-0.39, 0.29) is 24.0 Å². The number of likely N-dealkylation sites (tertiary alicyclic amines) is 2. The minimum Gasteiger partial charge on any atom is -0.457 e. The molecule has 238 valence electrons. The van der Waals surface area contributed by atoms with Gasteiger partial charge in [-0.05, 0) is 54.4 Å². The number of aromatic nitrogens is 5. The lowest BCUT2D eigenvalue weighted by Gasteiger charge is -2.38. The fourth-order valence-corrected chi connectivity index (χ4v) is 6.37. The zero-order valence-electron chi connectivity index (χ0n) is 26.5. The lowest BCUT2D eigenvalue weighted by molar-refractivity contribution is -0.130. The van der Waals surface area contributed by atoms with E-state index >= 15 is 0 Å². The molecule has 0 unspecified atom stereocenters. The Morgan fingerprint density at radius 1 is 1.02 bits per heavy atom. The summed E-state index contributed by atoms with van der Waals surface area (Å²) in [4.78, 5) is 26.0. The number of hydrogen-bond donors (Lipinski definition) is 1. The van der Waals surface area contributed by atoms with Gasteiger partial charge in [0, 0.05) is 83.9 Å². The summed E-state index contributed by atoms with van der Waals surface area (Å²) in [5.41, 5.74) is 5.84. The van der Waals surface area contributed by atoms with Crippen LogP contribution in [-0.4, -0.2) is 99.0 Å².